The van der Waals surface area contributed by atoms with Gasteiger partial charge in [0, 0.05) is 30.3 Å². The summed E-state index contributed by atoms with van der Waals surface area (Å²) in [6, 6.07) is 15.0. The lowest BCUT2D eigenvalue weighted by Crippen LogP contribution is -2.43. The Morgan fingerprint density at radius 1 is 0.933 bits per heavy atom. The van der Waals surface area contributed by atoms with E-state index < -0.39 is 21.8 Å². The molecular formula is C37H58N2O5S. The number of rotatable bonds is 12. The third-order valence-electron chi connectivity index (χ3n) is 8.77. The highest BCUT2D eigenvalue weighted by Gasteiger charge is 2.40. The van der Waals surface area contributed by atoms with E-state index in [2.05, 4.69) is 57.4 Å². The standard InChI is InChI=1S/C26H40N2O5S.C7H8.C4H10/c1-16(2)5-7-20(26(31)28-24-12-18-6-8-19(24)11-18)13-22(29)15-27-25(30)21-9-17(3)10-23(14-21)34(4,32)33;1-7-5-3-2-4-6-7;1-3-4-2/h9-10,14,16,18-20,22,24,29H,5-8,11-13,15H2,1-4H3,(H,27,30)(H,28,31);2-6H,1H3;3-4H2,1-2H3. The van der Waals surface area contributed by atoms with Crippen LogP contribution >= 0.6 is 0 Å². The number of nitrogens with one attached hydrogen (secondary N) is 2. The Kier molecular flexibility index (Phi) is 16.3. The molecule has 5 atom stereocenters. The van der Waals surface area contributed by atoms with Gasteiger partial charge in [-0.3, -0.25) is 9.59 Å². The zero-order valence-electron chi connectivity index (χ0n) is 28.6. The van der Waals surface area contributed by atoms with Gasteiger partial charge in [0.15, 0.2) is 9.84 Å². The number of carbonyl (C=O) groups excluding carboxylic acids is 2. The molecule has 4 rings (SSSR count). The molecule has 5 unspecified atom stereocenters. The molecule has 3 N–H and O–H groups in total. The van der Waals surface area contributed by atoms with Gasteiger partial charge < -0.3 is 15.7 Å². The molecule has 0 spiro atoms. The Morgan fingerprint density at radius 2 is 1.60 bits per heavy atom. The molecule has 2 aromatic carbocycles. The molecule has 2 aromatic rings. The summed E-state index contributed by atoms with van der Waals surface area (Å²) in [5.41, 5.74) is 2.22. The van der Waals surface area contributed by atoms with Crippen LogP contribution in [-0.2, 0) is 14.6 Å². The monoisotopic (exact) mass is 642 g/mol. The number of hydrogen-bond acceptors (Lipinski definition) is 5. The first-order chi connectivity index (χ1) is 21.2. The van der Waals surface area contributed by atoms with Crippen molar-refractivity contribution in [1.82, 2.24) is 10.6 Å². The normalized spacial score (nSPS) is 19.9. The number of aliphatic hydroxyl groups is 1. The average molecular weight is 643 g/mol. The van der Waals surface area contributed by atoms with Crippen molar-refractivity contribution in [2.24, 2.45) is 23.7 Å². The summed E-state index contributed by atoms with van der Waals surface area (Å²) in [7, 11) is -3.44. The number of aryl methyl sites for hydroxylation is 2. The molecule has 45 heavy (non-hydrogen) atoms. The third kappa shape index (κ3) is 14.1. The predicted octanol–water partition coefficient (Wildman–Crippen LogP) is 7.04. The highest BCUT2D eigenvalue weighted by atomic mass is 32.2. The van der Waals surface area contributed by atoms with Crippen LogP contribution in [-0.4, -0.2) is 50.3 Å². The first-order valence-electron chi connectivity index (χ1n) is 16.8. The van der Waals surface area contributed by atoms with Crippen molar-refractivity contribution in [1.29, 1.82) is 0 Å². The fourth-order valence-corrected chi connectivity index (χ4v) is 6.71. The molecule has 0 saturated heterocycles. The van der Waals surface area contributed by atoms with Crippen molar-refractivity contribution < 1.29 is 23.1 Å². The van der Waals surface area contributed by atoms with E-state index in [0.717, 1.165) is 25.0 Å². The van der Waals surface area contributed by atoms with Crippen LogP contribution in [0.2, 0.25) is 0 Å². The van der Waals surface area contributed by atoms with Crippen molar-refractivity contribution in [2.75, 3.05) is 12.8 Å². The molecule has 2 fully saturated rings. The molecule has 0 aliphatic heterocycles. The number of aliphatic hydroxyl groups excluding tert-OH is 1. The fourth-order valence-electron chi connectivity index (χ4n) is 5.96. The van der Waals surface area contributed by atoms with Crippen LogP contribution in [0.15, 0.2) is 53.4 Å². The maximum absolute atomic E-state index is 13.1. The number of sulfone groups is 1. The second kappa shape index (κ2) is 19.1. The van der Waals surface area contributed by atoms with Gasteiger partial charge in [-0.05, 0) is 87.5 Å². The number of carbonyl (C=O) groups is 2. The maximum atomic E-state index is 13.1. The van der Waals surface area contributed by atoms with Crippen molar-refractivity contribution in [3.63, 3.8) is 0 Å². The van der Waals surface area contributed by atoms with E-state index in [9.17, 15) is 23.1 Å². The van der Waals surface area contributed by atoms with Gasteiger partial charge in [-0.15, -0.1) is 0 Å². The molecule has 2 saturated carbocycles. The van der Waals surface area contributed by atoms with E-state index in [1.807, 2.05) is 18.2 Å². The summed E-state index contributed by atoms with van der Waals surface area (Å²) in [5, 5.41) is 16.6. The molecule has 0 heterocycles. The predicted molar refractivity (Wildman–Crippen MR) is 184 cm³/mol. The molecule has 2 amide bonds. The summed E-state index contributed by atoms with van der Waals surface area (Å²) in [6.45, 7) is 12.4. The third-order valence-corrected chi connectivity index (χ3v) is 9.86. The summed E-state index contributed by atoms with van der Waals surface area (Å²) in [4.78, 5) is 25.8. The van der Waals surface area contributed by atoms with E-state index in [-0.39, 0.29) is 41.3 Å². The van der Waals surface area contributed by atoms with Crippen LogP contribution in [0, 0.1) is 37.5 Å². The topological polar surface area (TPSA) is 113 Å². The van der Waals surface area contributed by atoms with Crippen molar-refractivity contribution in [3.8, 4) is 0 Å². The van der Waals surface area contributed by atoms with Crippen LogP contribution in [0.3, 0.4) is 0 Å². The Hall–Kier alpha value is -2.71. The summed E-state index contributed by atoms with van der Waals surface area (Å²) < 4.78 is 23.8. The van der Waals surface area contributed by atoms with Gasteiger partial charge >= 0.3 is 0 Å². The molecule has 8 heteroatoms. The number of benzene rings is 2. The number of fused-ring (bicyclic) bond motifs is 2. The lowest BCUT2D eigenvalue weighted by Gasteiger charge is -2.27. The minimum atomic E-state index is -3.44. The van der Waals surface area contributed by atoms with Crippen LogP contribution in [0.4, 0.5) is 0 Å². The van der Waals surface area contributed by atoms with E-state index >= 15 is 0 Å². The SMILES string of the molecule is CCCC.Cc1cc(C(=O)NCC(O)CC(CCC(C)C)C(=O)NC2CC3CCC2C3)cc(S(C)(=O)=O)c1.Cc1ccccc1. The van der Waals surface area contributed by atoms with Crippen LogP contribution in [0.1, 0.15) is 107 Å². The largest absolute Gasteiger partial charge is 0.391 e. The van der Waals surface area contributed by atoms with Crippen LogP contribution < -0.4 is 10.6 Å². The maximum Gasteiger partial charge on any atom is 0.251 e. The van der Waals surface area contributed by atoms with Crippen LogP contribution in [0.25, 0.3) is 0 Å². The van der Waals surface area contributed by atoms with E-state index in [4.69, 9.17) is 0 Å². The summed E-state index contributed by atoms with van der Waals surface area (Å²) in [6.07, 6.45) is 9.50. The molecule has 2 aliphatic carbocycles. The fraction of sp³-hybridized carbons (Fsp3) is 0.622. The van der Waals surface area contributed by atoms with E-state index in [1.54, 1.807) is 13.0 Å². The number of amides is 2. The smallest absolute Gasteiger partial charge is 0.251 e. The van der Waals surface area contributed by atoms with Crippen molar-refractivity contribution in [2.45, 2.75) is 116 Å². The Bertz CT molecular complexity index is 1290. The first-order valence-corrected chi connectivity index (χ1v) is 18.7. The molecular weight excluding hydrogens is 584 g/mol. The number of unbranched alkanes of at least 4 members (excludes halogenated alkanes) is 1. The first kappa shape index (κ1) is 38.5. The highest BCUT2D eigenvalue weighted by Crippen LogP contribution is 2.44. The Labute approximate surface area is 272 Å². The van der Waals surface area contributed by atoms with Crippen molar-refractivity contribution in [3.05, 3.63) is 65.2 Å². The van der Waals surface area contributed by atoms with Gasteiger partial charge in [0.1, 0.15) is 0 Å². The van der Waals surface area contributed by atoms with Gasteiger partial charge in [0.2, 0.25) is 5.91 Å². The van der Waals surface area contributed by atoms with E-state index in [1.165, 1.54) is 49.8 Å². The highest BCUT2D eigenvalue weighted by molar-refractivity contribution is 7.90. The molecule has 2 aliphatic rings. The van der Waals surface area contributed by atoms with Gasteiger partial charge in [0.05, 0.1) is 11.0 Å². The molecule has 0 aromatic heterocycles. The van der Waals surface area contributed by atoms with Crippen molar-refractivity contribution >= 4 is 21.7 Å². The van der Waals surface area contributed by atoms with Gasteiger partial charge in [-0.2, -0.15) is 0 Å². The molecule has 2 bridgehead atoms. The second-order valence-corrected chi connectivity index (χ2v) is 15.5. The second-order valence-electron chi connectivity index (χ2n) is 13.5. The lowest BCUT2D eigenvalue weighted by atomic mass is 9.90. The van der Waals surface area contributed by atoms with Crippen LogP contribution in [0.5, 0.6) is 0 Å². The minimum Gasteiger partial charge on any atom is -0.391 e. The minimum absolute atomic E-state index is 0.000565. The van der Waals surface area contributed by atoms with E-state index in [0.29, 0.717) is 23.8 Å². The Morgan fingerprint density at radius 3 is 2.09 bits per heavy atom. The number of hydrogen-bond donors (Lipinski definition) is 3. The zero-order valence-corrected chi connectivity index (χ0v) is 29.5. The average Bonchev–Trinajstić information content (AvgIpc) is 3.61. The molecule has 252 valence electrons. The zero-order chi connectivity index (χ0) is 33.6. The summed E-state index contributed by atoms with van der Waals surface area (Å²) >= 11 is 0. The van der Waals surface area contributed by atoms with Gasteiger partial charge in [-0.1, -0.05) is 89.3 Å². The van der Waals surface area contributed by atoms with Gasteiger partial charge in [-0.25, -0.2) is 8.42 Å². The summed E-state index contributed by atoms with van der Waals surface area (Å²) in [5.74, 6) is 1.06. The quantitative estimate of drug-likeness (QED) is 0.230. The Balaban J connectivity index is 0.000000541. The van der Waals surface area contributed by atoms with Gasteiger partial charge in [0.25, 0.3) is 5.91 Å². The molecule has 0 radical (unpaired) electrons. The lowest BCUT2D eigenvalue weighted by molar-refractivity contribution is -0.127. The molecule has 7 nitrogen and oxygen atoms in total.